The van der Waals surface area contributed by atoms with Crippen molar-refractivity contribution in [2.75, 3.05) is 18.5 Å². The van der Waals surface area contributed by atoms with Crippen molar-refractivity contribution in [1.82, 2.24) is 9.97 Å². The molecule has 1 aliphatic rings. The zero-order valence-corrected chi connectivity index (χ0v) is 13.3. The smallest absolute Gasteiger partial charge is 0.234 e. The van der Waals surface area contributed by atoms with E-state index in [0.717, 1.165) is 25.3 Å². The Morgan fingerprint density at radius 2 is 2.14 bits per heavy atom. The fraction of sp³-hybridized carbons (Fsp3) is 0.750. The van der Waals surface area contributed by atoms with Crippen LogP contribution < -0.4 is 10.1 Å². The van der Waals surface area contributed by atoms with Gasteiger partial charge in [-0.25, -0.2) is 0 Å². The second-order valence-corrected chi connectivity index (χ2v) is 5.53. The number of nitrogens with zero attached hydrogens (tertiary/aromatic N) is 2. The zero-order chi connectivity index (χ0) is 15.1. The van der Waals surface area contributed by atoms with Crippen molar-refractivity contribution >= 4 is 5.82 Å². The highest BCUT2D eigenvalue weighted by atomic mass is 16.5. The van der Waals surface area contributed by atoms with Gasteiger partial charge in [-0.05, 0) is 25.7 Å². The van der Waals surface area contributed by atoms with Gasteiger partial charge in [-0.3, -0.25) is 4.98 Å². The molecule has 21 heavy (non-hydrogen) atoms. The number of hydrogen-bond donors (Lipinski definition) is 1. The van der Waals surface area contributed by atoms with Crippen LogP contribution >= 0.6 is 0 Å². The molecule has 2 heterocycles. The second-order valence-electron chi connectivity index (χ2n) is 5.53. The van der Waals surface area contributed by atoms with Gasteiger partial charge in [0, 0.05) is 12.6 Å². The Morgan fingerprint density at radius 3 is 2.86 bits per heavy atom. The number of rotatable bonds is 7. The van der Waals surface area contributed by atoms with Crippen molar-refractivity contribution in [2.24, 2.45) is 5.92 Å². The quantitative estimate of drug-likeness (QED) is 0.836. The van der Waals surface area contributed by atoms with Crippen molar-refractivity contribution in [1.29, 1.82) is 0 Å². The number of hydrogen-bond acceptors (Lipinski definition) is 5. The Balaban J connectivity index is 1.94. The Hall–Kier alpha value is -1.36. The van der Waals surface area contributed by atoms with Crippen LogP contribution in [0.3, 0.4) is 0 Å². The molecule has 1 aliphatic heterocycles. The van der Waals surface area contributed by atoms with E-state index in [1.807, 2.05) is 6.92 Å². The molecule has 2 atom stereocenters. The molecule has 1 aromatic heterocycles. The average molecular weight is 293 g/mol. The van der Waals surface area contributed by atoms with Gasteiger partial charge in [0.05, 0.1) is 25.1 Å². The van der Waals surface area contributed by atoms with E-state index in [1.165, 1.54) is 12.8 Å². The monoisotopic (exact) mass is 293 g/mol. The minimum absolute atomic E-state index is 0.356. The molecule has 118 valence electrons. The molecule has 0 spiro atoms. The Kier molecular flexibility index (Phi) is 6.23. The van der Waals surface area contributed by atoms with Crippen molar-refractivity contribution in [2.45, 2.75) is 58.6 Å². The summed E-state index contributed by atoms with van der Waals surface area (Å²) in [5.41, 5.74) is 0. The maximum Gasteiger partial charge on any atom is 0.234 e. The van der Waals surface area contributed by atoms with Gasteiger partial charge >= 0.3 is 0 Å². The van der Waals surface area contributed by atoms with Crippen molar-refractivity contribution in [3.05, 3.63) is 12.4 Å². The number of nitrogens with one attached hydrogen (secondary N) is 1. The molecule has 1 N–H and O–H groups in total. The summed E-state index contributed by atoms with van der Waals surface area (Å²) >= 11 is 0. The molecule has 1 saturated heterocycles. The fourth-order valence-corrected chi connectivity index (χ4v) is 2.95. The first-order valence-corrected chi connectivity index (χ1v) is 8.09. The van der Waals surface area contributed by atoms with Crippen molar-refractivity contribution in [3.8, 4) is 5.88 Å². The molecule has 1 aromatic rings. The highest BCUT2D eigenvalue weighted by Crippen LogP contribution is 2.26. The van der Waals surface area contributed by atoms with E-state index in [0.29, 0.717) is 30.6 Å². The highest BCUT2D eigenvalue weighted by Gasteiger charge is 2.27. The summed E-state index contributed by atoms with van der Waals surface area (Å²) in [6, 6.07) is 0.399. The van der Waals surface area contributed by atoms with Gasteiger partial charge in [-0.1, -0.05) is 26.7 Å². The maximum atomic E-state index is 5.95. The number of ether oxygens (including phenoxy) is 2. The van der Waals surface area contributed by atoms with Gasteiger partial charge in [0.2, 0.25) is 5.88 Å². The lowest BCUT2D eigenvalue weighted by Crippen LogP contribution is -2.38. The summed E-state index contributed by atoms with van der Waals surface area (Å²) in [4.78, 5) is 8.60. The maximum absolute atomic E-state index is 5.95. The summed E-state index contributed by atoms with van der Waals surface area (Å²) < 4.78 is 11.3. The average Bonchev–Trinajstić information content (AvgIpc) is 2.50. The lowest BCUT2D eigenvalue weighted by Gasteiger charge is -2.34. The minimum Gasteiger partial charge on any atom is -0.477 e. The van der Waals surface area contributed by atoms with E-state index in [9.17, 15) is 0 Å². The molecule has 0 aliphatic carbocycles. The largest absolute Gasteiger partial charge is 0.477 e. The third kappa shape index (κ3) is 4.56. The van der Waals surface area contributed by atoms with E-state index in [2.05, 4.69) is 29.1 Å². The van der Waals surface area contributed by atoms with E-state index in [4.69, 9.17) is 9.47 Å². The van der Waals surface area contributed by atoms with E-state index < -0.39 is 0 Å². The summed E-state index contributed by atoms with van der Waals surface area (Å²) in [7, 11) is 0. The van der Waals surface area contributed by atoms with Crippen LogP contribution in [0, 0.1) is 5.92 Å². The number of anilines is 1. The van der Waals surface area contributed by atoms with E-state index in [-0.39, 0.29) is 0 Å². The molecule has 0 radical (unpaired) electrons. The van der Waals surface area contributed by atoms with Gasteiger partial charge in [0.1, 0.15) is 5.82 Å². The molecule has 2 rings (SSSR count). The Labute approximate surface area is 127 Å². The third-order valence-corrected chi connectivity index (χ3v) is 4.15. The summed E-state index contributed by atoms with van der Waals surface area (Å²) in [6.07, 6.45) is 8.15. The van der Waals surface area contributed by atoms with Crippen LogP contribution in [-0.2, 0) is 4.74 Å². The normalized spacial score (nSPS) is 22.3. The first-order chi connectivity index (χ1) is 10.3. The molecule has 0 amide bonds. The predicted molar refractivity (Wildman–Crippen MR) is 83.7 cm³/mol. The molecular weight excluding hydrogens is 266 g/mol. The van der Waals surface area contributed by atoms with Crippen LogP contribution in [0.4, 0.5) is 5.82 Å². The third-order valence-electron chi connectivity index (χ3n) is 4.15. The van der Waals surface area contributed by atoms with Crippen LogP contribution in [0.2, 0.25) is 0 Å². The molecule has 0 bridgehead atoms. The first kappa shape index (κ1) is 16.0. The summed E-state index contributed by atoms with van der Waals surface area (Å²) in [5.74, 6) is 2.01. The van der Waals surface area contributed by atoms with Gasteiger partial charge in [0.15, 0.2) is 0 Å². The SMILES string of the molecule is CCOc1cncc(NC2CCOC(C(CC)CC)C2)n1. The minimum atomic E-state index is 0.356. The van der Waals surface area contributed by atoms with Crippen molar-refractivity contribution in [3.63, 3.8) is 0 Å². The Bertz CT molecular complexity index is 424. The van der Waals surface area contributed by atoms with Gasteiger partial charge in [-0.15, -0.1) is 0 Å². The highest BCUT2D eigenvalue weighted by molar-refractivity contribution is 5.34. The lowest BCUT2D eigenvalue weighted by molar-refractivity contribution is -0.0271. The zero-order valence-electron chi connectivity index (χ0n) is 13.3. The first-order valence-electron chi connectivity index (χ1n) is 8.09. The summed E-state index contributed by atoms with van der Waals surface area (Å²) in [5, 5.41) is 3.48. The van der Waals surface area contributed by atoms with E-state index >= 15 is 0 Å². The van der Waals surface area contributed by atoms with Crippen LogP contribution in [0.25, 0.3) is 0 Å². The molecule has 0 aromatic carbocycles. The van der Waals surface area contributed by atoms with Gasteiger partial charge in [-0.2, -0.15) is 4.98 Å². The van der Waals surface area contributed by atoms with Crippen LogP contribution in [-0.4, -0.2) is 35.3 Å². The summed E-state index contributed by atoms with van der Waals surface area (Å²) in [6.45, 7) is 7.85. The molecule has 5 nitrogen and oxygen atoms in total. The van der Waals surface area contributed by atoms with Gasteiger partial charge in [0.25, 0.3) is 0 Å². The van der Waals surface area contributed by atoms with Crippen LogP contribution in [0.15, 0.2) is 12.4 Å². The second kappa shape index (κ2) is 8.17. The van der Waals surface area contributed by atoms with E-state index in [1.54, 1.807) is 12.4 Å². The lowest BCUT2D eigenvalue weighted by atomic mass is 9.89. The molecule has 5 heteroatoms. The van der Waals surface area contributed by atoms with Crippen LogP contribution in [0.1, 0.15) is 46.5 Å². The Morgan fingerprint density at radius 1 is 1.33 bits per heavy atom. The standard InChI is InChI=1S/C16H27N3O2/c1-4-12(5-2)14-9-13(7-8-21-14)18-15-10-17-11-16(19-15)20-6-3/h10-14H,4-9H2,1-3H3,(H,18,19). The fourth-order valence-electron chi connectivity index (χ4n) is 2.95. The molecule has 1 fully saturated rings. The molecule has 0 saturated carbocycles. The van der Waals surface area contributed by atoms with Crippen molar-refractivity contribution < 1.29 is 9.47 Å². The van der Waals surface area contributed by atoms with Gasteiger partial charge < -0.3 is 14.8 Å². The predicted octanol–water partition coefficient (Wildman–Crippen LogP) is 3.27. The topological polar surface area (TPSA) is 56.3 Å². The molecule has 2 unspecified atom stereocenters. The number of aromatic nitrogens is 2. The van der Waals surface area contributed by atoms with Crippen LogP contribution in [0.5, 0.6) is 5.88 Å². The molecular formula is C16H27N3O2.